The van der Waals surface area contributed by atoms with Crippen molar-refractivity contribution in [1.82, 2.24) is 15.1 Å². The summed E-state index contributed by atoms with van der Waals surface area (Å²) in [6.45, 7) is 2.54. The molecule has 0 spiro atoms. The zero-order valence-electron chi connectivity index (χ0n) is 15.3. The Morgan fingerprint density at radius 3 is 2.52 bits per heavy atom. The van der Waals surface area contributed by atoms with E-state index >= 15 is 0 Å². The maximum atomic E-state index is 12.8. The Kier molecular flexibility index (Phi) is 6.69. The molecule has 0 atom stereocenters. The van der Waals surface area contributed by atoms with Crippen molar-refractivity contribution >= 4 is 12.0 Å². The van der Waals surface area contributed by atoms with Gasteiger partial charge in [-0.3, -0.25) is 9.69 Å². The van der Waals surface area contributed by atoms with Gasteiger partial charge in [-0.25, -0.2) is 4.79 Å². The minimum atomic E-state index is -4.42. The van der Waals surface area contributed by atoms with Gasteiger partial charge in [0.25, 0.3) is 0 Å². The number of urea groups is 1. The number of alkyl halides is 3. The Morgan fingerprint density at radius 1 is 1.30 bits per heavy atom. The number of carboxylic acid groups (broad SMARTS) is 1. The number of hydrogen-bond acceptors (Lipinski definition) is 3. The lowest BCUT2D eigenvalue weighted by atomic mass is 9.85. The third kappa shape index (κ3) is 5.85. The topological polar surface area (TPSA) is 72.9 Å². The molecule has 1 aromatic rings. The van der Waals surface area contributed by atoms with E-state index in [2.05, 4.69) is 5.32 Å². The molecule has 1 aromatic carbocycles. The number of nitrogens with one attached hydrogen (secondary N) is 1. The third-order valence-corrected chi connectivity index (χ3v) is 4.72. The summed E-state index contributed by atoms with van der Waals surface area (Å²) in [7, 11) is 1.52. The summed E-state index contributed by atoms with van der Waals surface area (Å²) >= 11 is 0. The van der Waals surface area contributed by atoms with Crippen LogP contribution in [0, 0.1) is 0 Å². The van der Waals surface area contributed by atoms with Gasteiger partial charge in [0, 0.05) is 25.7 Å². The van der Waals surface area contributed by atoms with E-state index in [0.29, 0.717) is 24.9 Å². The Balaban J connectivity index is 1.83. The minimum absolute atomic E-state index is 0.0305. The number of nitrogens with zero attached hydrogens (tertiary/aromatic N) is 2. The maximum absolute atomic E-state index is 12.8. The lowest BCUT2D eigenvalue weighted by Crippen LogP contribution is -2.56. The maximum Gasteiger partial charge on any atom is 0.416 e. The van der Waals surface area contributed by atoms with Crippen LogP contribution >= 0.6 is 0 Å². The van der Waals surface area contributed by atoms with Crippen LogP contribution in [0.3, 0.4) is 0 Å². The number of amides is 2. The Bertz CT molecular complexity index is 675. The second kappa shape index (κ2) is 8.60. The van der Waals surface area contributed by atoms with Crippen LogP contribution in [-0.2, 0) is 17.5 Å². The van der Waals surface area contributed by atoms with Crippen molar-refractivity contribution in [1.29, 1.82) is 0 Å². The molecular weight excluding hydrogens is 363 g/mol. The highest BCUT2D eigenvalue weighted by Crippen LogP contribution is 2.30. The molecule has 2 rings (SSSR count). The van der Waals surface area contributed by atoms with Crippen LogP contribution in [0.1, 0.15) is 30.9 Å². The van der Waals surface area contributed by atoms with Crippen LogP contribution in [0.25, 0.3) is 0 Å². The monoisotopic (exact) mass is 387 g/mol. The summed E-state index contributed by atoms with van der Waals surface area (Å²) in [6, 6.07) is 4.59. The first-order chi connectivity index (χ1) is 12.6. The average molecular weight is 387 g/mol. The molecule has 0 aliphatic heterocycles. The minimum Gasteiger partial charge on any atom is -0.480 e. The molecule has 1 saturated carbocycles. The van der Waals surface area contributed by atoms with E-state index in [1.54, 1.807) is 6.07 Å². The van der Waals surface area contributed by atoms with Gasteiger partial charge in [-0.2, -0.15) is 13.2 Å². The summed E-state index contributed by atoms with van der Waals surface area (Å²) in [4.78, 5) is 26.2. The third-order valence-electron chi connectivity index (χ3n) is 4.72. The number of carbonyl (C=O) groups excluding carboxylic acids is 1. The number of aliphatic carboxylic acids is 1. The fraction of sp³-hybridized carbons (Fsp3) is 0.556. The largest absolute Gasteiger partial charge is 0.480 e. The predicted octanol–water partition coefficient (Wildman–Crippen LogP) is 2.78. The van der Waals surface area contributed by atoms with E-state index in [-0.39, 0.29) is 31.2 Å². The molecule has 1 aliphatic rings. The quantitative estimate of drug-likeness (QED) is 0.755. The molecule has 0 aromatic heterocycles. The van der Waals surface area contributed by atoms with Crippen molar-refractivity contribution in [2.24, 2.45) is 0 Å². The molecule has 27 heavy (non-hydrogen) atoms. The standard InChI is InChI=1S/C18H24F3N3O3/c1-3-24(11-16(25)26)15-8-14(9-15)22-17(27)23(2)10-12-5-4-6-13(7-12)18(19,20)21/h4-7,14-15H,3,8-11H2,1-2H3,(H,22,27)(H,25,26). The molecule has 2 amide bonds. The number of hydrogen-bond donors (Lipinski definition) is 2. The van der Waals surface area contributed by atoms with Crippen LogP contribution < -0.4 is 5.32 Å². The molecule has 0 saturated heterocycles. The lowest BCUT2D eigenvalue weighted by molar-refractivity contribution is -0.139. The second-order valence-electron chi connectivity index (χ2n) is 6.78. The second-order valence-corrected chi connectivity index (χ2v) is 6.78. The Hall–Kier alpha value is -2.29. The van der Waals surface area contributed by atoms with Gasteiger partial charge in [-0.1, -0.05) is 19.1 Å². The lowest BCUT2D eigenvalue weighted by Gasteiger charge is -2.42. The summed E-state index contributed by atoms with van der Waals surface area (Å²) in [5.41, 5.74) is -0.346. The molecule has 150 valence electrons. The number of halogens is 3. The fourth-order valence-electron chi connectivity index (χ4n) is 3.15. The molecule has 9 heteroatoms. The summed E-state index contributed by atoms with van der Waals surface area (Å²) in [6.07, 6.45) is -3.10. The predicted molar refractivity (Wildman–Crippen MR) is 93.1 cm³/mol. The van der Waals surface area contributed by atoms with E-state index in [9.17, 15) is 22.8 Å². The molecule has 6 nitrogen and oxygen atoms in total. The van der Waals surface area contributed by atoms with Crippen LogP contribution in [0.15, 0.2) is 24.3 Å². The fourth-order valence-corrected chi connectivity index (χ4v) is 3.15. The van der Waals surface area contributed by atoms with Gasteiger partial charge < -0.3 is 15.3 Å². The smallest absolute Gasteiger partial charge is 0.416 e. The highest BCUT2D eigenvalue weighted by molar-refractivity contribution is 5.74. The first kappa shape index (κ1) is 21.0. The van der Waals surface area contributed by atoms with Crippen molar-refractivity contribution in [2.75, 3.05) is 20.1 Å². The van der Waals surface area contributed by atoms with Crippen molar-refractivity contribution < 1.29 is 27.9 Å². The number of rotatable bonds is 7. The van der Waals surface area contributed by atoms with Gasteiger partial charge >= 0.3 is 18.2 Å². The van der Waals surface area contributed by atoms with E-state index in [0.717, 1.165) is 12.1 Å². The van der Waals surface area contributed by atoms with Gasteiger partial charge in [0.05, 0.1) is 12.1 Å². The van der Waals surface area contributed by atoms with Gasteiger partial charge in [-0.05, 0) is 37.1 Å². The molecule has 0 unspecified atom stereocenters. The number of carbonyl (C=O) groups is 2. The molecule has 0 heterocycles. The average Bonchev–Trinajstić information content (AvgIpc) is 2.55. The normalized spacial score (nSPS) is 19.5. The number of benzene rings is 1. The van der Waals surface area contributed by atoms with Crippen molar-refractivity contribution in [3.8, 4) is 0 Å². The molecule has 1 aliphatic carbocycles. The van der Waals surface area contributed by atoms with Crippen LogP contribution in [-0.4, -0.2) is 59.1 Å². The van der Waals surface area contributed by atoms with E-state index in [4.69, 9.17) is 5.11 Å². The van der Waals surface area contributed by atoms with Crippen molar-refractivity contribution in [3.05, 3.63) is 35.4 Å². The Labute approximate surface area is 155 Å². The Morgan fingerprint density at radius 2 is 1.96 bits per heavy atom. The van der Waals surface area contributed by atoms with Crippen LogP contribution in [0.2, 0.25) is 0 Å². The van der Waals surface area contributed by atoms with E-state index < -0.39 is 17.7 Å². The summed E-state index contributed by atoms with van der Waals surface area (Å²) in [5, 5.41) is 11.7. The molecule has 0 bridgehead atoms. The van der Waals surface area contributed by atoms with E-state index in [1.807, 2.05) is 11.8 Å². The van der Waals surface area contributed by atoms with Crippen molar-refractivity contribution in [2.45, 2.75) is 44.6 Å². The van der Waals surface area contributed by atoms with Gasteiger partial charge in [0.1, 0.15) is 0 Å². The zero-order valence-corrected chi connectivity index (χ0v) is 15.3. The molecular formula is C18H24F3N3O3. The zero-order chi connectivity index (χ0) is 20.2. The van der Waals surface area contributed by atoms with Crippen LogP contribution in [0.5, 0.6) is 0 Å². The SMILES string of the molecule is CCN(CC(=O)O)C1CC(NC(=O)N(C)Cc2cccc(C(F)(F)F)c2)C1. The van der Waals surface area contributed by atoms with Crippen LogP contribution in [0.4, 0.5) is 18.0 Å². The summed E-state index contributed by atoms with van der Waals surface area (Å²) in [5.74, 6) is -0.884. The first-order valence-electron chi connectivity index (χ1n) is 8.73. The number of likely N-dealkylation sites (N-methyl/N-ethyl adjacent to an activating group) is 1. The molecule has 1 fully saturated rings. The number of carboxylic acids is 1. The first-order valence-corrected chi connectivity index (χ1v) is 8.73. The van der Waals surface area contributed by atoms with Crippen molar-refractivity contribution in [3.63, 3.8) is 0 Å². The van der Waals surface area contributed by atoms with Gasteiger partial charge in [0.2, 0.25) is 0 Å². The highest BCUT2D eigenvalue weighted by Gasteiger charge is 2.35. The van der Waals surface area contributed by atoms with E-state index in [1.165, 1.54) is 18.0 Å². The molecule has 2 N–H and O–H groups in total. The van der Waals surface area contributed by atoms with Gasteiger partial charge in [-0.15, -0.1) is 0 Å². The molecule has 0 radical (unpaired) electrons. The van der Waals surface area contributed by atoms with Gasteiger partial charge in [0.15, 0.2) is 0 Å². The highest BCUT2D eigenvalue weighted by atomic mass is 19.4. The summed E-state index contributed by atoms with van der Waals surface area (Å²) < 4.78 is 38.3.